The Morgan fingerprint density at radius 3 is 2.50 bits per heavy atom. The summed E-state index contributed by atoms with van der Waals surface area (Å²) in [5, 5.41) is 1.88. The van der Waals surface area contributed by atoms with E-state index in [-0.39, 0.29) is 12.4 Å². The molecule has 0 atom stereocenters. The van der Waals surface area contributed by atoms with Gasteiger partial charge in [-0.2, -0.15) is 0 Å². The van der Waals surface area contributed by atoms with E-state index in [1.54, 1.807) is 24.3 Å². The van der Waals surface area contributed by atoms with Gasteiger partial charge in [0.2, 0.25) is 0 Å². The highest BCUT2D eigenvalue weighted by Gasteiger charge is 2.11. The topological polar surface area (TPSA) is 80.9 Å². The van der Waals surface area contributed by atoms with Gasteiger partial charge in [-0.15, -0.1) is 12.4 Å². The summed E-state index contributed by atoms with van der Waals surface area (Å²) in [4.78, 5) is 27.3. The van der Waals surface area contributed by atoms with Crippen LogP contribution in [0, 0.1) is 0 Å². The SMILES string of the molecule is Cl.Nc1cccc(-n2c(=O)c(=O)[nH]c3c4ccccc4ccc32)c1. The monoisotopic (exact) mass is 339 g/mol. The van der Waals surface area contributed by atoms with Crippen LogP contribution in [0.2, 0.25) is 0 Å². The predicted molar refractivity (Wildman–Crippen MR) is 99.3 cm³/mol. The Balaban J connectivity index is 0.00000169. The third-order valence-corrected chi connectivity index (χ3v) is 3.91. The number of nitrogens with two attached hydrogens (primary N) is 1. The quantitative estimate of drug-likeness (QED) is 0.318. The number of benzene rings is 3. The molecule has 0 aliphatic rings. The number of aromatic nitrogens is 2. The normalized spacial score (nSPS) is 10.7. The molecule has 0 bridgehead atoms. The molecule has 4 aromatic rings. The molecule has 1 heterocycles. The first-order valence-corrected chi connectivity index (χ1v) is 7.18. The van der Waals surface area contributed by atoms with Crippen LogP contribution in [0.5, 0.6) is 0 Å². The van der Waals surface area contributed by atoms with Crippen LogP contribution in [0.1, 0.15) is 0 Å². The van der Waals surface area contributed by atoms with Crippen molar-refractivity contribution in [2.75, 3.05) is 5.73 Å². The van der Waals surface area contributed by atoms with Crippen molar-refractivity contribution in [3.05, 3.63) is 81.4 Å². The predicted octanol–water partition coefficient (Wildman–Crippen LogP) is 2.84. The number of fused-ring (bicyclic) bond motifs is 3. The zero-order valence-electron chi connectivity index (χ0n) is 12.5. The van der Waals surface area contributed by atoms with Crippen LogP contribution in [-0.4, -0.2) is 9.55 Å². The molecule has 0 saturated heterocycles. The third-order valence-electron chi connectivity index (χ3n) is 3.91. The molecule has 0 fully saturated rings. The molecule has 120 valence electrons. The van der Waals surface area contributed by atoms with Crippen LogP contribution in [0.4, 0.5) is 5.69 Å². The van der Waals surface area contributed by atoms with Crippen LogP contribution in [0.15, 0.2) is 70.3 Å². The first kappa shape index (κ1) is 15.8. The number of H-pyrrole nitrogens is 1. The van der Waals surface area contributed by atoms with Gasteiger partial charge in [-0.25, -0.2) is 0 Å². The Hall–Kier alpha value is -3.05. The first-order valence-electron chi connectivity index (χ1n) is 7.18. The lowest BCUT2D eigenvalue weighted by molar-refractivity contribution is 0.989. The van der Waals surface area contributed by atoms with Gasteiger partial charge in [0.1, 0.15) is 0 Å². The Kier molecular flexibility index (Phi) is 3.87. The fraction of sp³-hybridized carbons (Fsp3) is 0. The maximum atomic E-state index is 12.4. The van der Waals surface area contributed by atoms with Crippen molar-refractivity contribution >= 4 is 39.9 Å². The number of nitrogen functional groups attached to an aromatic ring is 1. The number of nitrogens with zero attached hydrogens (tertiary/aromatic N) is 1. The number of hydrogen-bond acceptors (Lipinski definition) is 3. The van der Waals surface area contributed by atoms with Gasteiger partial charge in [0, 0.05) is 11.1 Å². The molecule has 1 aromatic heterocycles. The van der Waals surface area contributed by atoms with Crippen molar-refractivity contribution in [3.8, 4) is 5.69 Å². The molecule has 0 aliphatic carbocycles. The van der Waals surface area contributed by atoms with Gasteiger partial charge in [-0.3, -0.25) is 14.2 Å². The minimum absolute atomic E-state index is 0. The summed E-state index contributed by atoms with van der Waals surface area (Å²) in [6.07, 6.45) is 0. The number of halogens is 1. The molecule has 0 unspecified atom stereocenters. The van der Waals surface area contributed by atoms with Crippen molar-refractivity contribution in [2.45, 2.75) is 0 Å². The second-order valence-electron chi connectivity index (χ2n) is 5.37. The van der Waals surface area contributed by atoms with E-state index in [0.717, 1.165) is 10.8 Å². The summed E-state index contributed by atoms with van der Waals surface area (Å²) in [7, 11) is 0. The van der Waals surface area contributed by atoms with E-state index in [4.69, 9.17) is 5.73 Å². The molecular weight excluding hydrogens is 326 g/mol. The molecule has 0 amide bonds. The molecular formula is C18H14ClN3O2. The van der Waals surface area contributed by atoms with Crippen LogP contribution in [-0.2, 0) is 0 Å². The highest BCUT2D eigenvalue weighted by molar-refractivity contribution is 6.04. The molecule has 3 aromatic carbocycles. The lowest BCUT2D eigenvalue weighted by Gasteiger charge is -2.12. The smallest absolute Gasteiger partial charge is 0.321 e. The Bertz CT molecular complexity index is 1180. The molecule has 6 heteroatoms. The van der Waals surface area contributed by atoms with Crippen molar-refractivity contribution in [1.82, 2.24) is 9.55 Å². The third kappa shape index (κ3) is 2.35. The fourth-order valence-corrected chi connectivity index (χ4v) is 2.88. The lowest BCUT2D eigenvalue weighted by Crippen LogP contribution is -2.35. The van der Waals surface area contributed by atoms with Gasteiger partial charge in [-0.1, -0.05) is 36.4 Å². The van der Waals surface area contributed by atoms with E-state index in [1.165, 1.54) is 4.57 Å². The van der Waals surface area contributed by atoms with Crippen LogP contribution < -0.4 is 16.9 Å². The van der Waals surface area contributed by atoms with E-state index in [0.29, 0.717) is 22.4 Å². The van der Waals surface area contributed by atoms with E-state index < -0.39 is 11.1 Å². The molecule has 0 aliphatic heterocycles. The van der Waals surface area contributed by atoms with Crippen molar-refractivity contribution in [1.29, 1.82) is 0 Å². The van der Waals surface area contributed by atoms with E-state index in [2.05, 4.69) is 4.98 Å². The summed E-state index contributed by atoms with van der Waals surface area (Å²) in [6, 6.07) is 18.4. The zero-order valence-corrected chi connectivity index (χ0v) is 13.3. The summed E-state index contributed by atoms with van der Waals surface area (Å²) in [5.74, 6) is 0. The highest BCUT2D eigenvalue weighted by atomic mass is 35.5. The van der Waals surface area contributed by atoms with Crippen LogP contribution >= 0.6 is 12.4 Å². The second-order valence-corrected chi connectivity index (χ2v) is 5.37. The van der Waals surface area contributed by atoms with Gasteiger partial charge in [-0.05, 0) is 29.7 Å². The van der Waals surface area contributed by atoms with E-state index >= 15 is 0 Å². The minimum atomic E-state index is -0.656. The Morgan fingerprint density at radius 1 is 0.917 bits per heavy atom. The van der Waals surface area contributed by atoms with Gasteiger partial charge in [0.05, 0.1) is 16.7 Å². The molecule has 5 nitrogen and oxygen atoms in total. The van der Waals surface area contributed by atoms with Gasteiger partial charge in [0.25, 0.3) is 0 Å². The van der Waals surface area contributed by atoms with Gasteiger partial charge >= 0.3 is 11.1 Å². The van der Waals surface area contributed by atoms with Crippen molar-refractivity contribution in [3.63, 3.8) is 0 Å². The standard InChI is InChI=1S/C18H13N3O2.ClH/c19-12-5-3-6-13(10-12)21-15-9-8-11-4-1-2-7-14(11)16(15)20-17(22)18(21)23;/h1-10H,19H2,(H,20,22);1H. The van der Waals surface area contributed by atoms with Crippen molar-refractivity contribution in [2.24, 2.45) is 0 Å². The number of nitrogens with one attached hydrogen (secondary N) is 1. The summed E-state index contributed by atoms with van der Waals surface area (Å²) in [6.45, 7) is 0. The summed E-state index contributed by atoms with van der Waals surface area (Å²) in [5.41, 5.74) is 6.91. The number of hydrogen-bond donors (Lipinski definition) is 2. The molecule has 0 spiro atoms. The molecule has 3 N–H and O–H groups in total. The lowest BCUT2D eigenvalue weighted by atomic mass is 10.1. The summed E-state index contributed by atoms with van der Waals surface area (Å²) >= 11 is 0. The maximum absolute atomic E-state index is 12.4. The Labute approximate surface area is 142 Å². The first-order chi connectivity index (χ1) is 11.1. The number of rotatable bonds is 1. The molecule has 24 heavy (non-hydrogen) atoms. The van der Waals surface area contributed by atoms with Gasteiger partial charge < -0.3 is 10.7 Å². The molecule has 0 radical (unpaired) electrons. The highest BCUT2D eigenvalue weighted by Crippen LogP contribution is 2.23. The number of anilines is 1. The van der Waals surface area contributed by atoms with E-state index in [9.17, 15) is 9.59 Å². The largest absolute Gasteiger partial charge is 0.399 e. The average molecular weight is 340 g/mol. The van der Waals surface area contributed by atoms with Crippen molar-refractivity contribution < 1.29 is 0 Å². The fourth-order valence-electron chi connectivity index (χ4n) is 2.88. The minimum Gasteiger partial charge on any atom is -0.399 e. The maximum Gasteiger partial charge on any atom is 0.321 e. The zero-order chi connectivity index (χ0) is 16.0. The second kappa shape index (κ2) is 5.86. The number of aromatic amines is 1. The Morgan fingerprint density at radius 2 is 1.71 bits per heavy atom. The van der Waals surface area contributed by atoms with E-state index in [1.807, 2.05) is 36.4 Å². The molecule has 0 saturated carbocycles. The van der Waals surface area contributed by atoms with Gasteiger partial charge in [0.15, 0.2) is 0 Å². The molecule has 4 rings (SSSR count). The van der Waals surface area contributed by atoms with Crippen LogP contribution in [0.25, 0.3) is 27.5 Å². The van der Waals surface area contributed by atoms with Crippen LogP contribution in [0.3, 0.4) is 0 Å². The average Bonchev–Trinajstić information content (AvgIpc) is 2.56. The summed E-state index contributed by atoms with van der Waals surface area (Å²) < 4.78 is 1.40.